The van der Waals surface area contributed by atoms with E-state index in [1.807, 2.05) is 25.6 Å². The van der Waals surface area contributed by atoms with Gasteiger partial charge in [-0.1, -0.05) is 52.8 Å². The van der Waals surface area contributed by atoms with Gasteiger partial charge in [0.1, 0.15) is 5.75 Å². The van der Waals surface area contributed by atoms with Crippen LogP contribution in [0.3, 0.4) is 0 Å². The summed E-state index contributed by atoms with van der Waals surface area (Å²) >= 11 is 1.98. The van der Waals surface area contributed by atoms with Crippen LogP contribution in [0.5, 0.6) is 5.75 Å². The van der Waals surface area contributed by atoms with E-state index in [4.69, 9.17) is 4.74 Å². The molecule has 0 aliphatic carbocycles. The van der Waals surface area contributed by atoms with E-state index in [1.54, 1.807) is 7.11 Å². The number of nitrogens with zero attached hydrogens (tertiary/aromatic N) is 1. The van der Waals surface area contributed by atoms with Gasteiger partial charge in [-0.25, -0.2) is 0 Å². The normalized spacial score (nSPS) is 19.0. The Labute approximate surface area is 170 Å². The molecule has 0 N–H and O–H groups in total. The largest absolute Gasteiger partial charge is 0.496 e. The SMILES string of the molecule is CC.CCC1(C(C)C)CSc2cc(OC)c(C)cc2N(c2ccccc2)C1. The maximum Gasteiger partial charge on any atom is 0.123 e. The lowest BCUT2D eigenvalue weighted by Gasteiger charge is -2.39. The topological polar surface area (TPSA) is 12.5 Å². The minimum absolute atomic E-state index is 0.292. The van der Waals surface area contributed by atoms with Gasteiger partial charge in [0.15, 0.2) is 0 Å². The number of fused-ring (bicyclic) bond motifs is 1. The van der Waals surface area contributed by atoms with Gasteiger partial charge in [0.25, 0.3) is 0 Å². The molecule has 1 aliphatic rings. The van der Waals surface area contributed by atoms with Crippen LogP contribution < -0.4 is 9.64 Å². The maximum atomic E-state index is 5.59. The molecule has 0 saturated heterocycles. The first-order valence-corrected chi connectivity index (χ1v) is 11.1. The van der Waals surface area contributed by atoms with E-state index in [0.29, 0.717) is 11.3 Å². The van der Waals surface area contributed by atoms with Crippen molar-refractivity contribution in [2.24, 2.45) is 11.3 Å². The van der Waals surface area contributed by atoms with Crippen LogP contribution in [-0.2, 0) is 0 Å². The van der Waals surface area contributed by atoms with Crippen molar-refractivity contribution >= 4 is 23.1 Å². The van der Waals surface area contributed by atoms with Crippen molar-refractivity contribution in [3.8, 4) is 5.75 Å². The van der Waals surface area contributed by atoms with Crippen molar-refractivity contribution in [2.75, 3.05) is 24.3 Å². The summed E-state index contributed by atoms with van der Waals surface area (Å²) in [6.45, 7) is 14.3. The molecule has 2 aromatic rings. The number of thioether (sulfide) groups is 1. The van der Waals surface area contributed by atoms with Crippen LogP contribution in [0.2, 0.25) is 0 Å². The number of anilines is 2. The smallest absolute Gasteiger partial charge is 0.123 e. The van der Waals surface area contributed by atoms with Crippen LogP contribution in [-0.4, -0.2) is 19.4 Å². The predicted molar refractivity (Wildman–Crippen MR) is 121 cm³/mol. The standard InChI is InChI=1S/C22H29NOS.C2H6/c1-6-22(16(2)3)14-23(18-10-8-7-9-11-18)19-12-17(4)20(24-5)13-21(19)25-15-22;1-2/h7-13,16H,6,14-15H2,1-5H3;1-2H3. The minimum atomic E-state index is 0.292. The van der Waals surface area contributed by atoms with Gasteiger partial charge in [0.2, 0.25) is 0 Å². The second-order valence-corrected chi connectivity index (χ2v) is 8.39. The highest BCUT2D eigenvalue weighted by atomic mass is 32.2. The highest BCUT2D eigenvalue weighted by Gasteiger charge is 2.38. The molecule has 0 bridgehead atoms. The van der Waals surface area contributed by atoms with Crippen molar-refractivity contribution in [3.63, 3.8) is 0 Å². The van der Waals surface area contributed by atoms with Gasteiger partial charge >= 0.3 is 0 Å². The number of benzene rings is 2. The third-order valence-corrected chi connectivity index (χ3v) is 7.11. The number of rotatable bonds is 4. The van der Waals surface area contributed by atoms with E-state index >= 15 is 0 Å². The van der Waals surface area contributed by atoms with Crippen LogP contribution in [0.15, 0.2) is 47.4 Å². The molecule has 0 radical (unpaired) electrons. The lowest BCUT2D eigenvalue weighted by atomic mass is 9.76. The maximum absolute atomic E-state index is 5.59. The fourth-order valence-corrected chi connectivity index (χ4v) is 5.26. The quantitative estimate of drug-likeness (QED) is 0.547. The van der Waals surface area contributed by atoms with Gasteiger partial charge in [-0.15, -0.1) is 11.8 Å². The molecule has 1 unspecified atom stereocenters. The molecule has 1 heterocycles. The second-order valence-electron chi connectivity index (χ2n) is 7.37. The molecule has 0 spiro atoms. The summed E-state index contributed by atoms with van der Waals surface area (Å²) in [7, 11) is 1.76. The number of para-hydroxylation sites is 1. The second kappa shape index (κ2) is 9.54. The lowest BCUT2D eigenvalue weighted by Crippen LogP contribution is -2.39. The van der Waals surface area contributed by atoms with Crippen molar-refractivity contribution in [1.29, 1.82) is 0 Å². The Hall–Kier alpha value is -1.61. The van der Waals surface area contributed by atoms with E-state index in [1.165, 1.54) is 28.3 Å². The fourth-order valence-electron chi connectivity index (χ4n) is 3.68. The Morgan fingerprint density at radius 3 is 2.37 bits per heavy atom. The van der Waals surface area contributed by atoms with Gasteiger partial charge in [0, 0.05) is 22.9 Å². The van der Waals surface area contributed by atoms with Crippen LogP contribution in [0, 0.1) is 18.3 Å². The monoisotopic (exact) mass is 385 g/mol. The molecule has 27 heavy (non-hydrogen) atoms. The molecule has 3 rings (SSSR count). The molecular weight excluding hydrogens is 350 g/mol. The number of hydrogen-bond acceptors (Lipinski definition) is 3. The average molecular weight is 386 g/mol. The summed E-state index contributed by atoms with van der Waals surface area (Å²) in [6.07, 6.45) is 1.19. The zero-order valence-corrected chi connectivity index (χ0v) is 18.8. The molecule has 1 atom stereocenters. The summed E-state index contributed by atoms with van der Waals surface area (Å²) in [6, 6.07) is 15.3. The molecule has 3 heteroatoms. The fraction of sp³-hybridized carbons (Fsp3) is 0.500. The Balaban J connectivity index is 0.00000126. The molecule has 0 amide bonds. The number of ether oxygens (including phenoxy) is 1. The Morgan fingerprint density at radius 2 is 1.81 bits per heavy atom. The first kappa shape index (κ1) is 21.7. The molecule has 2 aromatic carbocycles. The molecular formula is C24H35NOS. The van der Waals surface area contributed by atoms with Crippen LogP contribution >= 0.6 is 11.8 Å². The van der Waals surface area contributed by atoms with E-state index < -0.39 is 0 Å². The molecule has 2 nitrogen and oxygen atoms in total. The average Bonchev–Trinajstić information content (AvgIpc) is 2.87. The summed E-state index contributed by atoms with van der Waals surface area (Å²) in [5.74, 6) is 2.75. The van der Waals surface area contributed by atoms with Crippen molar-refractivity contribution in [3.05, 3.63) is 48.0 Å². The lowest BCUT2D eigenvalue weighted by molar-refractivity contribution is 0.227. The third-order valence-electron chi connectivity index (χ3n) is 5.75. The Kier molecular flexibility index (Phi) is 7.67. The molecule has 0 aromatic heterocycles. The van der Waals surface area contributed by atoms with Gasteiger partial charge in [0.05, 0.1) is 12.8 Å². The van der Waals surface area contributed by atoms with E-state index in [0.717, 1.165) is 18.0 Å². The minimum Gasteiger partial charge on any atom is -0.496 e. The Morgan fingerprint density at radius 1 is 1.15 bits per heavy atom. The highest BCUT2D eigenvalue weighted by molar-refractivity contribution is 7.99. The van der Waals surface area contributed by atoms with E-state index in [9.17, 15) is 0 Å². The van der Waals surface area contributed by atoms with Crippen molar-refractivity contribution < 1.29 is 4.74 Å². The zero-order valence-electron chi connectivity index (χ0n) is 18.0. The van der Waals surface area contributed by atoms with Gasteiger partial charge in [-0.2, -0.15) is 0 Å². The number of aryl methyl sites for hydroxylation is 1. The summed E-state index contributed by atoms with van der Waals surface area (Å²) in [4.78, 5) is 3.84. The number of methoxy groups -OCH3 is 1. The third kappa shape index (κ3) is 4.45. The van der Waals surface area contributed by atoms with Crippen molar-refractivity contribution in [2.45, 2.75) is 52.9 Å². The predicted octanol–water partition coefficient (Wildman–Crippen LogP) is 7.33. The van der Waals surface area contributed by atoms with Crippen LogP contribution in [0.4, 0.5) is 11.4 Å². The Bertz CT molecular complexity index is 729. The molecule has 1 aliphatic heterocycles. The van der Waals surface area contributed by atoms with Crippen LogP contribution in [0.1, 0.15) is 46.6 Å². The summed E-state index contributed by atoms with van der Waals surface area (Å²) in [5.41, 5.74) is 4.07. The number of hydrogen-bond donors (Lipinski definition) is 0. The zero-order chi connectivity index (χ0) is 20.0. The summed E-state index contributed by atoms with van der Waals surface area (Å²) < 4.78 is 5.59. The molecule has 0 fully saturated rings. The molecule has 0 saturated carbocycles. The van der Waals surface area contributed by atoms with Gasteiger partial charge < -0.3 is 9.64 Å². The van der Waals surface area contributed by atoms with Gasteiger partial charge in [-0.3, -0.25) is 0 Å². The first-order valence-electron chi connectivity index (χ1n) is 10.1. The first-order chi connectivity index (χ1) is 13.0. The van der Waals surface area contributed by atoms with Gasteiger partial charge in [-0.05, 0) is 54.5 Å². The van der Waals surface area contributed by atoms with E-state index in [2.05, 4.69) is 75.1 Å². The van der Waals surface area contributed by atoms with Crippen LogP contribution in [0.25, 0.3) is 0 Å². The van der Waals surface area contributed by atoms with E-state index in [-0.39, 0.29) is 0 Å². The summed E-state index contributed by atoms with van der Waals surface area (Å²) in [5, 5.41) is 0. The van der Waals surface area contributed by atoms with Crippen molar-refractivity contribution in [1.82, 2.24) is 0 Å². The molecule has 148 valence electrons. The highest BCUT2D eigenvalue weighted by Crippen LogP contribution is 2.48.